The maximum absolute atomic E-state index is 11.1. The molecule has 3 aromatic heterocycles. The van der Waals surface area contributed by atoms with Gasteiger partial charge in [-0.25, -0.2) is 15.0 Å². The minimum atomic E-state index is -0.644. The second-order valence-electron chi connectivity index (χ2n) is 24.4. The van der Waals surface area contributed by atoms with Crippen LogP contribution in [0.15, 0.2) is 52.5 Å². The molecule has 4 unspecified atom stereocenters. The summed E-state index contributed by atoms with van der Waals surface area (Å²) >= 11 is 9.60. The molecular formula is C65H76ClN9O6S2. The van der Waals surface area contributed by atoms with Crippen molar-refractivity contribution in [1.29, 1.82) is 15.8 Å². The summed E-state index contributed by atoms with van der Waals surface area (Å²) in [4.78, 5) is 22.8. The number of aromatic nitrogens is 3. The van der Waals surface area contributed by atoms with Gasteiger partial charge in [0.1, 0.15) is 45.7 Å². The number of aryl methyl sites for hydroxylation is 4. The lowest BCUT2D eigenvalue weighted by molar-refractivity contribution is -0.0596. The van der Waals surface area contributed by atoms with Crippen molar-refractivity contribution in [3.8, 4) is 18.2 Å². The summed E-state index contributed by atoms with van der Waals surface area (Å²) in [5, 5.41) is 35.0. The van der Waals surface area contributed by atoms with Gasteiger partial charge in [-0.3, -0.25) is 0 Å². The largest absolute Gasteiger partial charge is 0.378 e. The van der Waals surface area contributed by atoms with Crippen LogP contribution in [-0.2, 0) is 93.2 Å². The van der Waals surface area contributed by atoms with Crippen LogP contribution < -0.4 is 14.7 Å². The fourth-order valence-corrected chi connectivity index (χ4v) is 15.3. The Morgan fingerprint density at radius 3 is 1.69 bits per heavy atom. The van der Waals surface area contributed by atoms with E-state index in [4.69, 9.17) is 55.0 Å². The zero-order chi connectivity index (χ0) is 58.0. The van der Waals surface area contributed by atoms with E-state index in [9.17, 15) is 15.8 Å². The van der Waals surface area contributed by atoms with Gasteiger partial charge in [-0.15, -0.1) is 23.5 Å². The smallest absolute Gasteiger partial charge is 0.135 e. The molecule has 0 N–H and O–H groups in total. The number of hydrogen-bond acceptors (Lipinski definition) is 17. The van der Waals surface area contributed by atoms with Crippen LogP contribution in [0.4, 0.5) is 17.5 Å². The molecule has 0 radical (unpaired) electrons. The molecule has 0 spiro atoms. The monoisotopic (exact) mass is 1180 g/mol. The lowest BCUT2D eigenvalue weighted by Crippen LogP contribution is -2.47. The summed E-state index contributed by atoms with van der Waals surface area (Å²) in [5.41, 5.74) is 11.8. The average Bonchev–Trinajstić information content (AvgIpc) is 2.75. The molecule has 15 nitrogen and oxygen atoms in total. The first-order valence-electron chi connectivity index (χ1n) is 29.4. The summed E-state index contributed by atoms with van der Waals surface area (Å²) in [5.74, 6) is 4.13. The fourth-order valence-electron chi connectivity index (χ4n) is 13.1. The van der Waals surface area contributed by atoms with Crippen molar-refractivity contribution < 1.29 is 28.4 Å². The zero-order valence-corrected chi connectivity index (χ0v) is 51.5. The van der Waals surface area contributed by atoms with Gasteiger partial charge in [0.2, 0.25) is 0 Å². The predicted octanol–water partition coefficient (Wildman–Crippen LogP) is 10.8. The molecule has 5 aromatic rings. The number of morpholine rings is 3. The molecule has 9 heterocycles. The predicted molar refractivity (Wildman–Crippen MR) is 325 cm³/mol. The topological polar surface area (TPSA) is 175 Å². The Kier molecular flexibility index (Phi) is 18.0. The summed E-state index contributed by atoms with van der Waals surface area (Å²) in [7, 11) is 0. The Morgan fingerprint density at radius 2 is 1.11 bits per heavy atom. The minimum absolute atomic E-state index is 0.0401. The van der Waals surface area contributed by atoms with Crippen LogP contribution in [0.3, 0.4) is 0 Å². The number of pyridine rings is 3. The first-order chi connectivity index (χ1) is 40.0. The number of nitriles is 3. The number of thioether (sulfide) groups is 2. The van der Waals surface area contributed by atoms with Crippen molar-refractivity contribution in [2.24, 2.45) is 0 Å². The summed E-state index contributed by atoms with van der Waals surface area (Å²) in [6.45, 7) is 22.7. The van der Waals surface area contributed by atoms with E-state index in [1.54, 1.807) is 23.5 Å². The number of ether oxygens (including phenoxy) is 6. The van der Waals surface area contributed by atoms with Gasteiger partial charge in [0, 0.05) is 98.2 Å². The van der Waals surface area contributed by atoms with Gasteiger partial charge < -0.3 is 43.1 Å². The third kappa shape index (κ3) is 13.3. The number of nitrogens with zero attached hydrogens (tertiary/aromatic N) is 9. The van der Waals surface area contributed by atoms with E-state index in [0.717, 1.165) is 109 Å². The van der Waals surface area contributed by atoms with E-state index >= 15 is 0 Å². The highest BCUT2D eigenvalue weighted by molar-refractivity contribution is 7.99. The van der Waals surface area contributed by atoms with Crippen molar-refractivity contribution in [3.05, 3.63) is 126 Å². The number of hydrogen-bond donors (Lipinski definition) is 0. The Labute approximate surface area is 503 Å². The quantitative estimate of drug-likeness (QED) is 0.0852. The second-order valence-corrected chi connectivity index (χ2v) is 27.0. The molecule has 6 aliphatic rings. The minimum Gasteiger partial charge on any atom is -0.378 e. The van der Waals surface area contributed by atoms with Gasteiger partial charge in [0.15, 0.2) is 0 Å². The van der Waals surface area contributed by atoms with Gasteiger partial charge in [-0.1, -0.05) is 47.5 Å². The third-order valence-electron chi connectivity index (χ3n) is 17.1. The van der Waals surface area contributed by atoms with Crippen molar-refractivity contribution in [3.63, 3.8) is 0 Å². The molecule has 3 saturated heterocycles. The van der Waals surface area contributed by atoms with Gasteiger partial charge in [-0.2, -0.15) is 15.8 Å². The standard InChI is InChI=1S/C65H76ClN9O6S2/c1-41-25-45(27-46(26-41)29-65(7)32-50-53(35-69)62(82-23-12-44-9-8-10-47(66)28-44)72-60(56(50)40-80-65)74-17-21-77-22-18-74)13-24-83-61-52(34-68)49-31-64(6,79-39-55(49)59(71-61)73-15-19-76-20-16-73)14-11-57-51(33-67)48-30-63(4,5)78-38-54(48)58(70-57)75-36-42(2)81-43(3)37-75/h8-10,25-28,42-43H,11-24,29-32,36-40H2,1-7H3. The van der Waals surface area contributed by atoms with Crippen LogP contribution >= 0.6 is 35.1 Å². The number of halogens is 1. The molecule has 0 bridgehead atoms. The van der Waals surface area contributed by atoms with Crippen molar-refractivity contribution >= 4 is 52.6 Å². The summed E-state index contributed by atoms with van der Waals surface area (Å²) in [6, 6.07) is 22.6. The summed E-state index contributed by atoms with van der Waals surface area (Å²) < 4.78 is 37.8. The Bertz CT molecular complexity index is 3380. The van der Waals surface area contributed by atoms with Crippen LogP contribution in [0.2, 0.25) is 5.02 Å². The van der Waals surface area contributed by atoms with Gasteiger partial charge in [0.05, 0.1) is 97.6 Å². The third-order valence-corrected chi connectivity index (χ3v) is 19.3. The van der Waals surface area contributed by atoms with E-state index in [1.165, 1.54) is 16.7 Å². The zero-order valence-electron chi connectivity index (χ0n) is 49.1. The van der Waals surface area contributed by atoms with Crippen LogP contribution in [0.5, 0.6) is 0 Å². The molecule has 0 saturated carbocycles. The van der Waals surface area contributed by atoms with Gasteiger partial charge in [0.25, 0.3) is 0 Å². The van der Waals surface area contributed by atoms with Crippen LogP contribution in [0.25, 0.3) is 0 Å². The Balaban J connectivity index is 0.821. The fraction of sp³-hybridized carbons (Fsp3) is 0.538. The molecular weight excluding hydrogens is 1100 g/mol. The second kappa shape index (κ2) is 25.2. The van der Waals surface area contributed by atoms with Crippen molar-refractivity contribution in [2.75, 3.05) is 91.9 Å². The molecule has 0 amide bonds. The number of rotatable bonds is 16. The molecule has 6 aliphatic heterocycles. The normalized spacial score (nSPS) is 23.1. The van der Waals surface area contributed by atoms with Crippen molar-refractivity contribution in [2.45, 2.75) is 159 Å². The molecule has 436 valence electrons. The molecule has 18 heteroatoms. The van der Waals surface area contributed by atoms with E-state index in [0.29, 0.717) is 133 Å². The lowest BCUT2D eigenvalue weighted by Gasteiger charge is -2.40. The van der Waals surface area contributed by atoms with E-state index in [1.807, 2.05) is 18.2 Å². The number of anilines is 3. The molecule has 4 atom stereocenters. The van der Waals surface area contributed by atoms with Gasteiger partial charge >= 0.3 is 0 Å². The maximum Gasteiger partial charge on any atom is 0.135 e. The van der Waals surface area contributed by atoms with Crippen molar-refractivity contribution in [1.82, 2.24) is 15.0 Å². The number of benzene rings is 2. The molecule has 2 aromatic carbocycles. The van der Waals surface area contributed by atoms with E-state index < -0.39 is 16.8 Å². The molecule has 0 aliphatic carbocycles. The first kappa shape index (κ1) is 59.2. The van der Waals surface area contributed by atoms with Crippen LogP contribution in [-0.4, -0.2) is 121 Å². The Hall–Kier alpha value is -5.49. The summed E-state index contributed by atoms with van der Waals surface area (Å²) in [6.07, 6.45) is 5.19. The highest BCUT2D eigenvalue weighted by Crippen LogP contribution is 2.44. The highest BCUT2D eigenvalue weighted by atomic mass is 35.5. The van der Waals surface area contributed by atoms with Gasteiger partial charge in [-0.05, 0) is 120 Å². The highest BCUT2D eigenvalue weighted by Gasteiger charge is 2.40. The molecule has 83 heavy (non-hydrogen) atoms. The Morgan fingerprint density at radius 1 is 0.590 bits per heavy atom. The SMILES string of the molecule is Cc1cc(CCSc2nc(N3CCOCC3)c3c(c2C#N)CC(C)(CCc2nc(N4CC(C)OC(C)C4)c4c(c2C#N)CC(C)(C)OC4)OC3)cc(CC2(C)Cc3c(C#N)c(SCCc4cccc(Cl)c4)nc(N4CCOCC4)c3CO2)c1. The molecule has 11 rings (SSSR count). The average molecular weight is 1180 g/mol. The number of fused-ring (bicyclic) bond motifs is 3. The lowest BCUT2D eigenvalue weighted by atomic mass is 9.83. The van der Waals surface area contributed by atoms with E-state index in [2.05, 4.69) is 106 Å². The van der Waals surface area contributed by atoms with Crippen LogP contribution in [0, 0.1) is 40.9 Å². The maximum atomic E-state index is 11.1. The first-order valence-corrected chi connectivity index (χ1v) is 31.8. The van der Waals surface area contributed by atoms with Crippen LogP contribution in [0.1, 0.15) is 126 Å². The molecule has 3 fully saturated rings. The van der Waals surface area contributed by atoms with E-state index in [-0.39, 0.29) is 12.2 Å².